The van der Waals surface area contributed by atoms with Crippen LogP contribution in [0.4, 0.5) is 0 Å². The van der Waals surface area contributed by atoms with E-state index in [0.29, 0.717) is 5.41 Å². The van der Waals surface area contributed by atoms with E-state index in [1.54, 1.807) is 0 Å². The summed E-state index contributed by atoms with van der Waals surface area (Å²) in [6, 6.07) is 0. The van der Waals surface area contributed by atoms with Gasteiger partial charge < -0.3 is 10.6 Å². The fourth-order valence-corrected chi connectivity index (χ4v) is 3.32. The molecule has 2 rings (SSSR count). The van der Waals surface area contributed by atoms with Gasteiger partial charge in [-0.05, 0) is 43.8 Å². The number of hydrogen-bond acceptors (Lipinski definition) is 2. The van der Waals surface area contributed by atoms with Gasteiger partial charge in [0, 0.05) is 6.54 Å². The van der Waals surface area contributed by atoms with Crippen molar-refractivity contribution in [2.24, 2.45) is 17.1 Å². The normalized spacial score (nSPS) is 33.4. The molecule has 2 heteroatoms. The van der Waals surface area contributed by atoms with Crippen molar-refractivity contribution in [3.63, 3.8) is 0 Å². The van der Waals surface area contributed by atoms with Crippen molar-refractivity contribution in [2.75, 3.05) is 26.2 Å². The first-order chi connectivity index (χ1) is 7.72. The van der Waals surface area contributed by atoms with E-state index in [9.17, 15) is 0 Å². The van der Waals surface area contributed by atoms with Gasteiger partial charge >= 0.3 is 0 Å². The quantitative estimate of drug-likeness (QED) is 0.795. The molecule has 1 atom stereocenters. The van der Waals surface area contributed by atoms with Crippen molar-refractivity contribution in [3.8, 4) is 0 Å². The first-order valence-electron chi connectivity index (χ1n) is 7.14. The SMILES string of the molecule is CC1(CN)CCN(CCC2CCCCC2)C1. The Hall–Kier alpha value is -0.0800. The zero-order valence-corrected chi connectivity index (χ0v) is 10.9. The minimum absolute atomic E-state index is 0.409. The summed E-state index contributed by atoms with van der Waals surface area (Å²) in [5.74, 6) is 1.03. The summed E-state index contributed by atoms with van der Waals surface area (Å²) in [6.07, 6.45) is 10.1. The van der Waals surface area contributed by atoms with E-state index < -0.39 is 0 Å². The van der Waals surface area contributed by atoms with Crippen molar-refractivity contribution >= 4 is 0 Å². The number of nitrogens with zero attached hydrogens (tertiary/aromatic N) is 1. The molecule has 0 aromatic heterocycles. The first-order valence-corrected chi connectivity index (χ1v) is 7.14. The highest BCUT2D eigenvalue weighted by molar-refractivity contribution is 4.87. The highest BCUT2D eigenvalue weighted by Gasteiger charge is 2.32. The molecule has 94 valence electrons. The van der Waals surface area contributed by atoms with Gasteiger partial charge in [0.2, 0.25) is 0 Å². The van der Waals surface area contributed by atoms with Crippen LogP contribution in [0.25, 0.3) is 0 Å². The molecule has 2 fully saturated rings. The van der Waals surface area contributed by atoms with Crippen LogP contribution in [-0.2, 0) is 0 Å². The molecule has 1 unspecified atom stereocenters. The molecule has 0 spiro atoms. The monoisotopic (exact) mass is 224 g/mol. The summed E-state index contributed by atoms with van der Waals surface area (Å²) >= 11 is 0. The van der Waals surface area contributed by atoms with E-state index in [0.717, 1.165) is 12.5 Å². The highest BCUT2D eigenvalue weighted by atomic mass is 15.2. The lowest BCUT2D eigenvalue weighted by Gasteiger charge is -2.26. The molecule has 0 bridgehead atoms. The Bertz CT molecular complexity index is 211. The third-order valence-electron chi connectivity index (χ3n) is 4.71. The van der Waals surface area contributed by atoms with E-state index in [1.165, 1.54) is 64.6 Å². The predicted octanol–water partition coefficient (Wildman–Crippen LogP) is 2.63. The fraction of sp³-hybridized carbons (Fsp3) is 1.00. The zero-order valence-electron chi connectivity index (χ0n) is 10.9. The molecule has 16 heavy (non-hydrogen) atoms. The molecule has 2 nitrogen and oxygen atoms in total. The minimum atomic E-state index is 0.409. The molecule has 1 aliphatic carbocycles. The van der Waals surface area contributed by atoms with Crippen molar-refractivity contribution in [1.82, 2.24) is 4.90 Å². The van der Waals surface area contributed by atoms with Crippen LogP contribution in [0.15, 0.2) is 0 Å². The molecular weight excluding hydrogens is 196 g/mol. The maximum atomic E-state index is 5.84. The number of likely N-dealkylation sites (tertiary alicyclic amines) is 1. The molecule has 2 aliphatic rings. The van der Waals surface area contributed by atoms with Gasteiger partial charge in [-0.1, -0.05) is 39.0 Å². The van der Waals surface area contributed by atoms with Crippen molar-refractivity contribution in [2.45, 2.75) is 51.9 Å². The van der Waals surface area contributed by atoms with Gasteiger partial charge in [0.15, 0.2) is 0 Å². The van der Waals surface area contributed by atoms with Gasteiger partial charge in [-0.25, -0.2) is 0 Å². The molecule has 0 radical (unpaired) electrons. The van der Waals surface area contributed by atoms with Crippen molar-refractivity contribution in [1.29, 1.82) is 0 Å². The second-order valence-corrected chi connectivity index (χ2v) is 6.33. The Kier molecular flexibility index (Phi) is 4.26. The van der Waals surface area contributed by atoms with Crippen LogP contribution in [-0.4, -0.2) is 31.1 Å². The predicted molar refractivity (Wildman–Crippen MR) is 69.4 cm³/mol. The van der Waals surface area contributed by atoms with E-state index in [4.69, 9.17) is 5.73 Å². The van der Waals surface area contributed by atoms with Gasteiger partial charge in [-0.2, -0.15) is 0 Å². The number of rotatable bonds is 4. The molecule has 1 saturated carbocycles. The van der Waals surface area contributed by atoms with Crippen LogP contribution < -0.4 is 5.73 Å². The second-order valence-electron chi connectivity index (χ2n) is 6.33. The standard InChI is InChI=1S/C14H28N2/c1-14(11-15)8-10-16(12-14)9-7-13-5-3-2-4-6-13/h13H,2-12,15H2,1H3. The van der Waals surface area contributed by atoms with Crippen LogP contribution in [0, 0.1) is 11.3 Å². The Balaban J connectivity index is 1.67. The van der Waals surface area contributed by atoms with Crippen molar-refractivity contribution in [3.05, 3.63) is 0 Å². The molecule has 0 aromatic carbocycles. The molecule has 1 heterocycles. The van der Waals surface area contributed by atoms with Crippen LogP contribution in [0.3, 0.4) is 0 Å². The van der Waals surface area contributed by atoms with Crippen LogP contribution in [0.1, 0.15) is 51.9 Å². The van der Waals surface area contributed by atoms with Crippen LogP contribution in [0.2, 0.25) is 0 Å². The van der Waals surface area contributed by atoms with E-state index in [1.807, 2.05) is 0 Å². The van der Waals surface area contributed by atoms with E-state index in [-0.39, 0.29) is 0 Å². The average Bonchev–Trinajstić information content (AvgIpc) is 2.71. The van der Waals surface area contributed by atoms with Crippen molar-refractivity contribution < 1.29 is 0 Å². The minimum Gasteiger partial charge on any atom is -0.330 e. The van der Waals surface area contributed by atoms with E-state index >= 15 is 0 Å². The topological polar surface area (TPSA) is 29.3 Å². The van der Waals surface area contributed by atoms with Gasteiger partial charge in [-0.3, -0.25) is 0 Å². The average molecular weight is 224 g/mol. The van der Waals surface area contributed by atoms with Gasteiger partial charge in [0.1, 0.15) is 0 Å². The first kappa shape index (κ1) is 12.4. The van der Waals surface area contributed by atoms with Gasteiger partial charge in [-0.15, -0.1) is 0 Å². The third-order valence-corrected chi connectivity index (χ3v) is 4.71. The Morgan fingerprint density at radius 1 is 1.25 bits per heavy atom. The van der Waals surface area contributed by atoms with Gasteiger partial charge in [0.25, 0.3) is 0 Å². The summed E-state index contributed by atoms with van der Waals surface area (Å²) in [4.78, 5) is 2.64. The Labute approximate surface area is 101 Å². The third kappa shape index (κ3) is 3.21. The molecule has 1 aliphatic heterocycles. The lowest BCUT2D eigenvalue weighted by atomic mass is 9.87. The Morgan fingerprint density at radius 3 is 2.62 bits per heavy atom. The summed E-state index contributed by atoms with van der Waals surface area (Å²) in [5, 5.41) is 0. The molecule has 0 aromatic rings. The summed E-state index contributed by atoms with van der Waals surface area (Å²) in [6.45, 7) is 7.03. The summed E-state index contributed by atoms with van der Waals surface area (Å²) in [5.41, 5.74) is 6.25. The second kappa shape index (κ2) is 5.50. The number of nitrogens with two attached hydrogens (primary N) is 1. The lowest BCUT2D eigenvalue weighted by Crippen LogP contribution is -2.32. The van der Waals surface area contributed by atoms with Crippen LogP contribution in [0.5, 0.6) is 0 Å². The smallest absolute Gasteiger partial charge is 0.00479 e. The molecular formula is C14H28N2. The maximum absolute atomic E-state index is 5.84. The van der Waals surface area contributed by atoms with Gasteiger partial charge in [0.05, 0.1) is 0 Å². The van der Waals surface area contributed by atoms with E-state index in [2.05, 4.69) is 11.8 Å². The largest absolute Gasteiger partial charge is 0.330 e. The lowest BCUT2D eigenvalue weighted by molar-refractivity contribution is 0.242. The summed E-state index contributed by atoms with van der Waals surface area (Å²) < 4.78 is 0. The maximum Gasteiger partial charge on any atom is 0.00479 e. The highest BCUT2D eigenvalue weighted by Crippen LogP contribution is 2.30. The Morgan fingerprint density at radius 2 is 2.00 bits per heavy atom. The van der Waals surface area contributed by atoms with Crippen LogP contribution >= 0.6 is 0 Å². The molecule has 1 saturated heterocycles. The zero-order chi connectivity index (χ0) is 11.4. The number of hydrogen-bond donors (Lipinski definition) is 1. The summed E-state index contributed by atoms with van der Waals surface area (Å²) in [7, 11) is 0. The molecule has 2 N–H and O–H groups in total. The fourth-order valence-electron chi connectivity index (χ4n) is 3.32. The molecule has 0 amide bonds.